The second-order valence-electron chi connectivity index (χ2n) is 3.94. The molecular weight excluding hydrogens is 176 g/mol. The Kier molecular flexibility index (Phi) is 7.01. The molecule has 0 bridgehead atoms. The van der Waals surface area contributed by atoms with Crippen molar-refractivity contribution in [3.63, 3.8) is 0 Å². The summed E-state index contributed by atoms with van der Waals surface area (Å²) < 4.78 is 5.36. The molecule has 0 saturated heterocycles. The van der Waals surface area contributed by atoms with Gasteiger partial charge in [-0.25, -0.2) is 0 Å². The third kappa shape index (κ3) is 7.30. The second kappa shape index (κ2) is 8.21. The zero-order chi connectivity index (χ0) is 10.1. The summed E-state index contributed by atoms with van der Waals surface area (Å²) in [6.07, 6.45) is 5.12. The van der Waals surface area contributed by atoms with Crippen LogP contribution in [0.3, 0.4) is 0 Å². The summed E-state index contributed by atoms with van der Waals surface area (Å²) >= 11 is 0. The molecule has 0 aliphatic heterocycles. The van der Waals surface area contributed by atoms with Gasteiger partial charge in [-0.1, -0.05) is 6.92 Å². The first-order valence-electron chi connectivity index (χ1n) is 5.95. The normalized spacial score (nSPS) is 16.1. The van der Waals surface area contributed by atoms with Crippen LogP contribution >= 0.6 is 0 Å². The molecule has 0 radical (unpaired) electrons. The van der Waals surface area contributed by atoms with Gasteiger partial charge in [-0.2, -0.15) is 0 Å². The Morgan fingerprint density at radius 2 is 2.00 bits per heavy atom. The van der Waals surface area contributed by atoms with E-state index in [4.69, 9.17) is 4.74 Å². The molecule has 14 heavy (non-hydrogen) atoms. The van der Waals surface area contributed by atoms with Crippen LogP contribution < -0.4 is 10.6 Å². The first-order valence-corrected chi connectivity index (χ1v) is 5.95. The summed E-state index contributed by atoms with van der Waals surface area (Å²) in [7, 11) is 0. The second-order valence-corrected chi connectivity index (χ2v) is 3.94. The van der Waals surface area contributed by atoms with Crippen LogP contribution in [0.25, 0.3) is 0 Å². The van der Waals surface area contributed by atoms with Gasteiger partial charge in [-0.3, -0.25) is 0 Å². The molecule has 1 aliphatic carbocycles. The summed E-state index contributed by atoms with van der Waals surface area (Å²) in [6.45, 7) is 7.14. The SMILES string of the molecule is CCCOCCNCCCNC1CC1. The van der Waals surface area contributed by atoms with Crippen molar-refractivity contribution in [1.29, 1.82) is 0 Å². The van der Waals surface area contributed by atoms with Gasteiger partial charge in [-0.05, 0) is 38.8 Å². The van der Waals surface area contributed by atoms with Crippen LogP contribution in [0.2, 0.25) is 0 Å². The minimum Gasteiger partial charge on any atom is -0.380 e. The molecule has 2 N–H and O–H groups in total. The first-order chi connectivity index (χ1) is 6.93. The average Bonchev–Trinajstić information content (AvgIpc) is 2.99. The van der Waals surface area contributed by atoms with Crippen LogP contribution in [0, 0.1) is 0 Å². The van der Waals surface area contributed by atoms with Crippen molar-refractivity contribution in [2.75, 3.05) is 32.8 Å². The van der Waals surface area contributed by atoms with Crippen molar-refractivity contribution in [2.45, 2.75) is 38.6 Å². The Bertz CT molecular complexity index is 126. The maximum absolute atomic E-state index is 5.36. The Labute approximate surface area is 87.6 Å². The van der Waals surface area contributed by atoms with Gasteiger partial charge in [0, 0.05) is 19.2 Å². The molecule has 0 aromatic carbocycles. The van der Waals surface area contributed by atoms with Crippen molar-refractivity contribution >= 4 is 0 Å². The predicted octanol–water partition coefficient (Wildman–Crippen LogP) is 1.14. The average molecular weight is 200 g/mol. The van der Waals surface area contributed by atoms with Gasteiger partial charge < -0.3 is 15.4 Å². The van der Waals surface area contributed by atoms with Gasteiger partial charge in [0.05, 0.1) is 6.61 Å². The van der Waals surface area contributed by atoms with E-state index in [1.165, 1.54) is 19.3 Å². The van der Waals surface area contributed by atoms with Crippen LogP contribution in [0.4, 0.5) is 0 Å². The number of ether oxygens (including phenoxy) is 1. The van der Waals surface area contributed by atoms with E-state index in [0.29, 0.717) is 0 Å². The van der Waals surface area contributed by atoms with E-state index in [1.54, 1.807) is 0 Å². The first kappa shape index (κ1) is 12.0. The Morgan fingerprint density at radius 3 is 2.71 bits per heavy atom. The Balaban J connectivity index is 1.63. The van der Waals surface area contributed by atoms with E-state index in [1.807, 2.05) is 0 Å². The Hall–Kier alpha value is -0.120. The smallest absolute Gasteiger partial charge is 0.0590 e. The molecule has 84 valence electrons. The minimum absolute atomic E-state index is 0.850. The van der Waals surface area contributed by atoms with Gasteiger partial charge in [0.2, 0.25) is 0 Å². The molecule has 0 amide bonds. The molecule has 1 aliphatic rings. The van der Waals surface area contributed by atoms with Crippen molar-refractivity contribution < 1.29 is 4.74 Å². The molecule has 0 aromatic heterocycles. The van der Waals surface area contributed by atoms with Crippen molar-refractivity contribution in [3.05, 3.63) is 0 Å². The van der Waals surface area contributed by atoms with Crippen molar-refractivity contribution in [1.82, 2.24) is 10.6 Å². The fraction of sp³-hybridized carbons (Fsp3) is 1.00. The highest BCUT2D eigenvalue weighted by molar-refractivity contribution is 4.80. The third-order valence-corrected chi connectivity index (χ3v) is 2.31. The summed E-state index contributed by atoms with van der Waals surface area (Å²) in [6, 6.07) is 0.850. The lowest BCUT2D eigenvalue weighted by Gasteiger charge is -2.05. The molecule has 0 atom stereocenters. The lowest BCUT2D eigenvalue weighted by Crippen LogP contribution is -2.25. The molecule has 1 saturated carbocycles. The lowest BCUT2D eigenvalue weighted by molar-refractivity contribution is 0.136. The molecule has 0 spiro atoms. The molecule has 3 nitrogen and oxygen atoms in total. The van der Waals surface area contributed by atoms with Crippen LogP contribution in [0.1, 0.15) is 32.6 Å². The van der Waals surface area contributed by atoms with Crippen molar-refractivity contribution in [2.24, 2.45) is 0 Å². The maximum atomic E-state index is 5.36. The monoisotopic (exact) mass is 200 g/mol. The van der Waals surface area contributed by atoms with E-state index in [9.17, 15) is 0 Å². The molecule has 1 fully saturated rings. The highest BCUT2D eigenvalue weighted by atomic mass is 16.5. The fourth-order valence-electron chi connectivity index (χ4n) is 1.32. The van der Waals surface area contributed by atoms with Crippen molar-refractivity contribution in [3.8, 4) is 0 Å². The van der Waals surface area contributed by atoms with E-state index in [-0.39, 0.29) is 0 Å². The van der Waals surface area contributed by atoms with E-state index in [2.05, 4.69) is 17.6 Å². The highest BCUT2D eigenvalue weighted by Crippen LogP contribution is 2.18. The molecule has 0 unspecified atom stereocenters. The van der Waals surface area contributed by atoms with Crippen LogP contribution in [0.15, 0.2) is 0 Å². The summed E-state index contributed by atoms with van der Waals surface area (Å²) in [4.78, 5) is 0. The van der Waals surface area contributed by atoms with Crippen LogP contribution in [0.5, 0.6) is 0 Å². The van der Waals surface area contributed by atoms with Gasteiger partial charge in [0.1, 0.15) is 0 Å². The number of rotatable bonds is 10. The molecule has 0 heterocycles. The van der Waals surface area contributed by atoms with Crippen LogP contribution in [-0.4, -0.2) is 38.9 Å². The van der Waals surface area contributed by atoms with Gasteiger partial charge >= 0.3 is 0 Å². The predicted molar refractivity (Wildman–Crippen MR) is 59.6 cm³/mol. The number of nitrogens with one attached hydrogen (secondary N) is 2. The topological polar surface area (TPSA) is 33.3 Å². The fourth-order valence-corrected chi connectivity index (χ4v) is 1.32. The number of hydrogen-bond donors (Lipinski definition) is 2. The van der Waals surface area contributed by atoms with E-state index < -0.39 is 0 Å². The zero-order valence-electron chi connectivity index (χ0n) is 9.35. The Morgan fingerprint density at radius 1 is 1.14 bits per heavy atom. The molecule has 0 aromatic rings. The van der Waals surface area contributed by atoms with Gasteiger partial charge in [0.25, 0.3) is 0 Å². The van der Waals surface area contributed by atoms with Gasteiger partial charge in [-0.15, -0.1) is 0 Å². The molecular formula is C11H24N2O. The minimum atomic E-state index is 0.850. The lowest BCUT2D eigenvalue weighted by atomic mass is 10.4. The standard InChI is InChI=1S/C11H24N2O/c1-2-9-14-10-8-12-6-3-7-13-11-4-5-11/h11-13H,2-10H2,1H3. The largest absolute Gasteiger partial charge is 0.380 e. The molecule has 3 heteroatoms. The van der Waals surface area contributed by atoms with E-state index >= 15 is 0 Å². The highest BCUT2D eigenvalue weighted by Gasteiger charge is 2.19. The number of hydrogen-bond acceptors (Lipinski definition) is 3. The summed E-state index contributed by atoms with van der Waals surface area (Å²) in [5.41, 5.74) is 0. The third-order valence-electron chi connectivity index (χ3n) is 2.31. The van der Waals surface area contributed by atoms with Crippen LogP contribution in [-0.2, 0) is 4.74 Å². The summed E-state index contributed by atoms with van der Waals surface area (Å²) in [5, 5.41) is 6.87. The maximum Gasteiger partial charge on any atom is 0.0590 e. The quantitative estimate of drug-likeness (QED) is 0.519. The molecule has 1 rings (SSSR count). The van der Waals surface area contributed by atoms with Gasteiger partial charge in [0.15, 0.2) is 0 Å². The van der Waals surface area contributed by atoms with E-state index in [0.717, 1.165) is 45.3 Å². The zero-order valence-corrected chi connectivity index (χ0v) is 9.35. The summed E-state index contributed by atoms with van der Waals surface area (Å²) in [5.74, 6) is 0.